The van der Waals surface area contributed by atoms with Gasteiger partial charge in [0, 0.05) is 37.5 Å². The van der Waals surface area contributed by atoms with E-state index >= 15 is 0 Å². The Balaban J connectivity index is 1.62. The Hall–Kier alpha value is -2.90. The Labute approximate surface area is 164 Å². The van der Waals surface area contributed by atoms with Crippen LogP contribution in [0, 0.1) is 0 Å². The molecule has 0 atom stereocenters. The second kappa shape index (κ2) is 8.00. The number of pyridine rings is 1. The molecule has 0 radical (unpaired) electrons. The number of hydrogen-bond donors (Lipinski definition) is 0. The number of hydrogen-bond acceptors (Lipinski definition) is 5. The lowest BCUT2D eigenvalue weighted by atomic mass is 10.2. The highest BCUT2D eigenvalue weighted by atomic mass is 32.2. The average molecular weight is 396 g/mol. The largest absolute Gasteiger partial charge is 0.454 e. The maximum Gasteiger partial charge on any atom is 0.243 e. The lowest BCUT2D eigenvalue weighted by molar-refractivity contribution is 0.174. The van der Waals surface area contributed by atoms with E-state index in [2.05, 4.69) is 4.98 Å². The molecule has 0 fully saturated rings. The van der Waals surface area contributed by atoms with Gasteiger partial charge in [0.2, 0.25) is 16.8 Å². The molecule has 0 unspecified atom stereocenters. The number of fused-ring (bicyclic) bond motifs is 1. The van der Waals surface area contributed by atoms with Gasteiger partial charge in [-0.25, -0.2) is 8.42 Å². The molecule has 0 amide bonds. The van der Waals surface area contributed by atoms with Crippen molar-refractivity contribution in [2.45, 2.75) is 17.9 Å². The standard InChI is InChI=1S/C21H20N2O4S/c24-28(25,19-9-10-20-21(14-19)27-16-26-20)23(15-17-6-2-1-3-7-17)13-11-18-8-4-5-12-22-18/h1-10,12,14H,11,13,15-16H2. The Bertz CT molecular complexity index is 1040. The Morgan fingerprint density at radius 3 is 2.50 bits per heavy atom. The minimum absolute atomic E-state index is 0.103. The first-order chi connectivity index (χ1) is 13.6. The molecule has 4 rings (SSSR count). The zero-order valence-electron chi connectivity index (χ0n) is 15.2. The van der Waals surface area contributed by atoms with E-state index in [0.29, 0.717) is 24.5 Å². The van der Waals surface area contributed by atoms with Crippen LogP contribution in [0.5, 0.6) is 11.5 Å². The molecule has 0 aliphatic carbocycles. The van der Waals surface area contributed by atoms with E-state index in [-0.39, 0.29) is 18.2 Å². The number of rotatable bonds is 7. The second-order valence-corrected chi connectivity index (χ2v) is 8.35. The molecule has 2 aromatic carbocycles. The third-order valence-electron chi connectivity index (χ3n) is 4.53. The van der Waals surface area contributed by atoms with E-state index in [1.54, 1.807) is 18.3 Å². The normalized spacial score (nSPS) is 13.0. The zero-order chi connectivity index (χ0) is 19.4. The van der Waals surface area contributed by atoms with E-state index in [4.69, 9.17) is 9.47 Å². The van der Waals surface area contributed by atoms with Crippen LogP contribution in [0.3, 0.4) is 0 Å². The first-order valence-electron chi connectivity index (χ1n) is 8.96. The molecule has 0 N–H and O–H groups in total. The molecule has 0 saturated heterocycles. The predicted octanol–water partition coefficient (Wildman–Crippen LogP) is 3.24. The van der Waals surface area contributed by atoms with Crippen LogP contribution in [-0.4, -0.2) is 31.0 Å². The highest BCUT2D eigenvalue weighted by Crippen LogP contribution is 2.34. The lowest BCUT2D eigenvalue weighted by Gasteiger charge is -2.22. The summed E-state index contributed by atoms with van der Waals surface area (Å²) < 4.78 is 38.8. The molecular formula is C21H20N2O4S. The number of aromatic nitrogens is 1. The van der Waals surface area contributed by atoms with Crippen molar-refractivity contribution in [3.63, 3.8) is 0 Å². The third kappa shape index (κ3) is 4.00. The van der Waals surface area contributed by atoms with Crippen molar-refractivity contribution in [3.05, 3.63) is 84.2 Å². The molecule has 3 aromatic rings. The summed E-state index contributed by atoms with van der Waals surface area (Å²) in [7, 11) is -3.72. The van der Waals surface area contributed by atoms with Crippen LogP contribution in [0.4, 0.5) is 0 Å². The number of ether oxygens (including phenoxy) is 2. The van der Waals surface area contributed by atoms with E-state index in [1.165, 1.54) is 10.4 Å². The maximum atomic E-state index is 13.4. The first kappa shape index (κ1) is 18.5. The molecule has 0 saturated carbocycles. The predicted molar refractivity (Wildman–Crippen MR) is 105 cm³/mol. The van der Waals surface area contributed by atoms with Gasteiger partial charge in [0.1, 0.15) is 0 Å². The molecule has 28 heavy (non-hydrogen) atoms. The monoisotopic (exact) mass is 396 g/mol. The molecule has 0 spiro atoms. The van der Waals surface area contributed by atoms with E-state index < -0.39 is 10.0 Å². The van der Waals surface area contributed by atoms with Crippen molar-refractivity contribution < 1.29 is 17.9 Å². The molecule has 1 aromatic heterocycles. The van der Waals surface area contributed by atoms with Crippen LogP contribution in [0.25, 0.3) is 0 Å². The third-order valence-corrected chi connectivity index (χ3v) is 6.37. The summed E-state index contributed by atoms with van der Waals surface area (Å²) in [6.07, 6.45) is 2.24. The Morgan fingerprint density at radius 1 is 0.929 bits per heavy atom. The summed E-state index contributed by atoms with van der Waals surface area (Å²) in [5.74, 6) is 1.01. The van der Waals surface area contributed by atoms with Crippen molar-refractivity contribution in [3.8, 4) is 11.5 Å². The van der Waals surface area contributed by atoms with Gasteiger partial charge in [-0.05, 0) is 29.8 Å². The van der Waals surface area contributed by atoms with Crippen LogP contribution in [0.1, 0.15) is 11.3 Å². The molecular weight excluding hydrogens is 376 g/mol. The average Bonchev–Trinajstić information content (AvgIpc) is 3.20. The van der Waals surface area contributed by atoms with Crippen molar-refractivity contribution >= 4 is 10.0 Å². The van der Waals surface area contributed by atoms with E-state index in [0.717, 1.165) is 11.3 Å². The van der Waals surface area contributed by atoms with Gasteiger partial charge in [-0.1, -0.05) is 36.4 Å². The molecule has 6 nitrogen and oxygen atoms in total. The van der Waals surface area contributed by atoms with Crippen molar-refractivity contribution in [2.24, 2.45) is 0 Å². The molecule has 1 aliphatic heterocycles. The summed E-state index contributed by atoms with van der Waals surface area (Å²) in [5, 5.41) is 0. The molecule has 144 valence electrons. The fourth-order valence-corrected chi connectivity index (χ4v) is 4.49. The van der Waals surface area contributed by atoms with Gasteiger partial charge in [-0.3, -0.25) is 4.98 Å². The van der Waals surface area contributed by atoms with Crippen LogP contribution in [0.2, 0.25) is 0 Å². The van der Waals surface area contributed by atoms with Crippen LogP contribution >= 0.6 is 0 Å². The van der Waals surface area contributed by atoms with Crippen LogP contribution in [-0.2, 0) is 23.0 Å². The first-order valence-corrected chi connectivity index (χ1v) is 10.4. The summed E-state index contributed by atoms with van der Waals surface area (Å²) in [6.45, 7) is 0.708. The second-order valence-electron chi connectivity index (χ2n) is 6.41. The van der Waals surface area contributed by atoms with Gasteiger partial charge >= 0.3 is 0 Å². The van der Waals surface area contributed by atoms with Gasteiger partial charge in [0.25, 0.3) is 0 Å². The topological polar surface area (TPSA) is 68.7 Å². The minimum atomic E-state index is -3.72. The van der Waals surface area contributed by atoms with E-state index in [9.17, 15) is 8.42 Å². The van der Waals surface area contributed by atoms with Gasteiger partial charge in [-0.2, -0.15) is 4.31 Å². The lowest BCUT2D eigenvalue weighted by Crippen LogP contribution is -2.32. The van der Waals surface area contributed by atoms with Gasteiger partial charge < -0.3 is 9.47 Å². The smallest absolute Gasteiger partial charge is 0.243 e. The summed E-state index contributed by atoms with van der Waals surface area (Å²) in [6, 6.07) is 19.9. The quantitative estimate of drug-likeness (QED) is 0.613. The SMILES string of the molecule is O=S(=O)(c1ccc2c(c1)OCO2)N(CCc1ccccn1)Cc1ccccc1. The minimum Gasteiger partial charge on any atom is -0.454 e. The molecule has 2 heterocycles. The van der Waals surface area contributed by atoms with Gasteiger partial charge in [-0.15, -0.1) is 0 Å². The number of benzene rings is 2. The summed E-state index contributed by atoms with van der Waals surface area (Å²) >= 11 is 0. The van der Waals surface area contributed by atoms with Crippen LogP contribution < -0.4 is 9.47 Å². The number of sulfonamides is 1. The van der Waals surface area contributed by atoms with Crippen LogP contribution in [0.15, 0.2) is 77.8 Å². The molecule has 0 bridgehead atoms. The molecule has 7 heteroatoms. The fraction of sp³-hybridized carbons (Fsp3) is 0.190. The maximum absolute atomic E-state index is 13.4. The Kier molecular flexibility index (Phi) is 5.27. The highest BCUT2D eigenvalue weighted by molar-refractivity contribution is 7.89. The fourth-order valence-electron chi connectivity index (χ4n) is 3.04. The van der Waals surface area contributed by atoms with Crippen molar-refractivity contribution in [1.29, 1.82) is 0 Å². The Morgan fingerprint density at radius 2 is 1.71 bits per heavy atom. The van der Waals surface area contributed by atoms with Gasteiger partial charge in [0.05, 0.1) is 4.90 Å². The van der Waals surface area contributed by atoms with Crippen molar-refractivity contribution in [2.75, 3.05) is 13.3 Å². The summed E-state index contributed by atoms with van der Waals surface area (Å²) in [4.78, 5) is 4.49. The number of nitrogens with zero attached hydrogens (tertiary/aromatic N) is 2. The zero-order valence-corrected chi connectivity index (χ0v) is 16.0. The highest BCUT2D eigenvalue weighted by Gasteiger charge is 2.27. The van der Waals surface area contributed by atoms with E-state index in [1.807, 2.05) is 48.5 Å². The van der Waals surface area contributed by atoms with Gasteiger partial charge in [0.15, 0.2) is 11.5 Å². The van der Waals surface area contributed by atoms with Crippen molar-refractivity contribution in [1.82, 2.24) is 9.29 Å². The molecule has 1 aliphatic rings. The summed E-state index contributed by atoms with van der Waals surface area (Å²) in [5.41, 5.74) is 1.77.